The number of nitrogens with two attached hydrogens (primary N) is 1. The van der Waals surface area contributed by atoms with Gasteiger partial charge in [-0.1, -0.05) is 6.07 Å². The molecule has 1 heterocycles. The van der Waals surface area contributed by atoms with Crippen LogP contribution >= 0.6 is 0 Å². The molecule has 1 aromatic heterocycles. The highest BCUT2D eigenvalue weighted by Crippen LogP contribution is 2.20. The summed E-state index contributed by atoms with van der Waals surface area (Å²) in [6, 6.07) is 10.8. The van der Waals surface area contributed by atoms with Gasteiger partial charge in [0.1, 0.15) is 23.9 Å². The Bertz CT molecular complexity index is 453. The summed E-state index contributed by atoms with van der Waals surface area (Å²) < 4.78 is 15.9. The smallest absolute Gasteiger partial charge is 0.123 e. The Kier molecular flexibility index (Phi) is 3.67. The number of methoxy groups -OCH3 is 1. The molecule has 0 saturated carbocycles. The molecule has 4 heteroatoms. The van der Waals surface area contributed by atoms with Gasteiger partial charge in [-0.15, -0.1) is 0 Å². The number of hydrogen-bond acceptors (Lipinski definition) is 4. The molecule has 2 aromatic rings. The van der Waals surface area contributed by atoms with Gasteiger partial charge in [0.15, 0.2) is 0 Å². The number of furan rings is 1. The first kappa shape index (κ1) is 11.5. The molecule has 0 aliphatic heterocycles. The fourth-order valence-corrected chi connectivity index (χ4v) is 1.46. The van der Waals surface area contributed by atoms with E-state index in [1.165, 1.54) is 0 Å². The SMILES string of the molecule is COc1cccc(OCC(N)c2ccco2)c1. The number of hydrogen-bond donors (Lipinski definition) is 1. The molecule has 0 aliphatic rings. The predicted molar refractivity (Wildman–Crippen MR) is 64.1 cm³/mol. The maximum absolute atomic E-state index is 5.91. The summed E-state index contributed by atoms with van der Waals surface area (Å²) in [6.45, 7) is 0.362. The highest BCUT2D eigenvalue weighted by atomic mass is 16.5. The van der Waals surface area contributed by atoms with Gasteiger partial charge < -0.3 is 19.6 Å². The van der Waals surface area contributed by atoms with Crippen molar-refractivity contribution in [1.29, 1.82) is 0 Å². The van der Waals surface area contributed by atoms with E-state index >= 15 is 0 Å². The van der Waals surface area contributed by atoms with Crippen molar-refractivity contribution in [3.63, 3.8) is 0 Å². The van der Waals surface area contributed by atoms with Crippen molar-refractivity contribution in [3.05, 3.63) is 48.4 Å². The summed E-state index contributed by atoms with van der Waals surface area (Å²) >= 11 is 0. The third kappa shape index (κ3) is 3.01. The van der Waals surface area contributed by atoms with Crippen LogP contribution < -0.4 is 15.2 Å². The van der Waals surface area contributed by atoms with E-state index in [0.717, 1.165) is 11.5 Å². The van der Waals surface area contributed by atoms with E-state index in [1.54, 1.807) is 19.4 Å². The van der Waals surface area contributed by atoms with Gasteiger partial charge in [0, 0.05) is 6.07 Å². The average molecular weight is 233 g/mol. The van der Waals surface area contributed by atoms with E-state index < -0.39 is 0 Å². The molecule has 0 fully saturated rings. The van der Waals surface area contributed by atoms with Crippen molar-refractivity contribution in [2.45, 2.75) is 6.04 Å². The van der Waals surface area contributed by atoms with Crippen molar-refractivity contribution < 1.29 is 13.9 Å². The lowest BCUT2D eigenvalue weighted by Crippen LogP contribution is -2.18. The van der Waals surface area contributed by atoms with E-state index in [1.807, 2.05) is 30.3 Å². The second-order valence-corrected chi connectivity index (χ2v) is 3.61. The van der Waals surface area contributed by atoms with Crippen molar-refractivity contribution in [3.8, 4) is 11.5 Å². The van der Waals surface area contributed by atoms with Crippen LogP contribution in [-0.4, -0.2) is 13.7 Å². The Balaban J connectivity index is 1.93. The zero-order valence-electron chi connectivity index (χ0n) is 9.63. The molecule has 2 rings (SSSR count). The second-order valence-electron chi connectivity index (χ2n) is 3.61. The number of ether oxygens (including phenoxy) is 2. The summed E-state index contributed by atoms with van der Waals surface area (Å²) in [6.07, 6.45) is 1.60. The lowest BCUT2D eigenvalue weighted by Gasteiger charge is -2.11. The van der Waals surface area contributed by atoms with E-state index in [-0.39, 0.29) is 6.04 Å². The summed E-state index contributed by atoms with van der Waals surface area (Å²) in [7, 11) is 1.62. The van der Waals surface area contributed by atoms with Crippen LogP contribution in [0.4, 0.5) is 0 Å². The van der Waals surface area contributed by atoms with Crippen molar-refractivity contribution in [2.24, 2.45) is 5.73 Å². The van der Waals surface area contributed by atoms with Crippen LogP contribution in [0.2, 0.25) is 0 Å². The van der Waals surface area contributed by atoms with Gasteiger partial charge in [0.2, 0.25) is 0 Å². The Morgan fingerprint density at radius 3 is 2.76 bits per heavy atom. The van der Waals surface area contributed by atoms with Crippen LogP contribution in [0.5, 0.6) is 11.5 Å². The quantitative estimate of drug-likeness (QED) is 0.861. The molecule has 1 atom stereocenters. The molecule has 0 bridgehead atoms. The van der Waals surface area contributed by atoms with Crippen molar-refractivity contribution >= 4 is 0 Å². The monoisotopic (exact) mass is 233 g/mol. The molecule has 2 N–H and O–H groups in total. The molecule has 1 aromatic carbocycles. The van der Waals surface area contributed by atoms with E-state index in [2.05, 4.69) is 0 Å². The molecular weight excluding hydrogens is 218 g/mol. The van der Waals surface area contributed by atoms with Gasteiger partial charge in [0.05, 0.1) is 19.4 Å². The highest BCUT2D eigenvalue weighted by molar-refractivity contribution is 5.32. The Labute approximate surface area is 99.9 Å². The van der Waals surface area contributed by atoms with Gasteiger partial charge in [0.25, 0.3) is 0 Å². The minimum atomic E-state index is -0.267. The maximum Gasteiger partial charge on any atom is 0.123 e. The van der Waals surface area contributed by atoms with Gasteiger partial charge >= 0.3 is 0 Å². The topological polar surface area (TPSA) is 57.6 Å². The van der Waals surface area contributed by atoms with Crippen LogP contribution in [-0.2, 0) is 0 Å². The highest BCUT2D eigenvalue weighted by Gasteiger charge is 2.09. The summed E-state index contributed by atoms with van der Waals surface area (Å²) in [5.74, 6) is 2.20. The first-order valence-electron chi connectivity index (χ1n) is 5.35. The van der Waals surface area contributed by atoms with Gasteiger partial charge in [-0.2, -0.15) is 0 Å². The zero-order chi connectivity index (χ0) is 12.1. The summed E-state index contributed by atoms with van der Waals surface area (Å²) in [5, 5.41) is 0. The average Bonchev–Trinajstić information content (AvgIpc) is 2.90. The summed E-state index contributed by atoms with van der Waals surface area (Å²) in [5.41, 5.74) is 5.91. The van der Waals surface area contributed by atoms with E-state index in [4.69, 9.17) is 19.6 Å². The molecule has 90 valence electrons. The van der Waals surface area contributed by atoms with Crippen molar-refractivity contribution in [1.82, 2.24) is 0 Å². The molecule has 0 saturated heterocycles. The minimum absolute atomic E-state index is 0.267. The second kappa shape index (κ2) is 5.41. The first-order chi connectivity index (χ1) is 8.29. The molecule has 0 spiro atoms. The standard InChI is InChI=1S/C13H15NO3/c1-15-10-4-2-5-11(8-10)17-9-12(14)13-6-3-7-16-13/h2-8,12H,9,14H2,1H3. The fourth-order valence-electron chi connectivity index (χ4n) is 1.46. The molecule has 17 heavy (non-hydrogen) atoms. The van der Waals surface area contributed by atoms with Gasteiger partial charge in [-0.05, 0) is 24.3 Å². The maximum atomic E-state index is 5.91. The van der Waals surface area contributed by atoms with Crippen LogP contribution in [0.3, 0.4) is 0 Å². The Hall–Kier alpha value is -1.94. The first-order valence-corrected chi connectivity index (χ1v) is 5.35. The number of benzene rings is 1. The van der Waals surface area contributed by atoms with Crippen LogP contribution in [0.15, 0.2) is 47.1 Å². The Morgan fingerprint density at radius 2 is 2.06 bits per heavy atom. The fraction of sp³-hybridized carbons (Fsp3) is 0.231. The third-order valence-corrected chi connectivity index (χ3v) is 2.38. The van der Waals surface area contributed by atoms with Gasteiger partial charge in [-0.3, -0.25) is 0 Å². The molecular formula is C13H15NO3. The molecule has 0 aliphatic carbocycles. The normalized spacial score (nSPS) is 12.1. The van der Waals surface area contributed by atoms with Crippen LogP contribution in [0.25, 0.3) is 0 Å². The van der Waals surface area contributed by atoms with Crippen LogP contribution in [0, 0.1) is 0 Å². The molecule has 0 amide bonds. The molecule has 0 radical (unpaired) electrons. The third-order valence-electron chi connectivity index (χ3n) is 2.38. The molecule has 1 unspecified atom stereocenters. The van der Waals surface area contributed by atoms with Crippen molar-refractivity contribution in [2.75, 3.05) is 13.7 Å². The number of rotatable bonds is 5. The van der Waals surface area contributed by atoms with Gasteiger partial charge in [-0.25, -0.2) is 0 Å². The zero-order valence-corrected chi connectivity index (χ0v) is 9.63. The predicted octanol–water partition coefficient (Wildman–Crippen LogP) is 2.37. The Morgan fingerprint density at radius 1 is 1.24 bits per heavy atom. The van der Waals surface area contributed by atoms with E-state index in [9.17, 15) is 0 Å². The molecule has 4 nitrogen and oxygen atoms in total. The minimum Gasteiger partial charge on any atom is -0.497 e. The lowest BCUT2D eigenvalue weighted by atomic mass is 10.2. The van der Waals surface area contributed by atoms with Crippen LogP contribution in [0.1, 0.15) is 11.8 Å². The largest absolute Gasteiger partial charge is 0.497 e. The van der Waals surface area contributed by atoms with E-state index in [0.29, 0.717) is 12.4 Å². The summed E-state index contributed by atoms with van der Waals surface area (Å²) in [4.78, 5) is 0. The lowest BCUT2D eigenvalue weighted by molar-refractivity contribution is 0.271.